The molecule has 25 heavy (non-hydrogen) atoms. The van der Waals surface area contributed by atoms with Crippen molar-refractivity contribution in [2.24, 2.45) is 0 Å². The van der Waals surface area contributed by atoms with Gasteiger partial charge in [-0.1, -0.05) is 6.07 Å². The number of fused-ring (bicyclic) bond motifs is 1. The maximum absolute atomic E-state index is 12.4. The second-order valence-electron chi connectivity index (χ2n) is 5.45. The smallest absolute Gasteiger partial charge is 0.270 e. The average molecular weight is 340 g/mol. The number of pyridine rings is 1. The van der Waals surface area contributed by atoms with E-state index in [-0.39, 0.29) is 18.7 Å². The highest BCUT2D eigenvalue weighted by Crippen LogP contribution is 2.02. The first-order valence-corrected chi connectivity index (χ1v) is 7.60. The second kappa shape index (κ2) is 7.00. The van der Waals surface area contributed by atoms with Gasteiger partial charge in [0.15, 0.2) is 0 Å². The topological polar surface area (TPSA) is 106 Å². The van der Waals surface area contributed by atoms with Gasteiger partial charge in [0, 0.05) is 12.4 Å². The molecule has 0 radical (unpaired) electrons. The Labute approximate surface area is 142 Å². The number of aryl methyl sites for hydroxylation is 1. The maximum atomic E-state index is 12.4. The van der Waals surface area contributed by atoms with Crippen molar-refractivity contribution in [1.82, 2.24) is 20.0 Å². The molecule has 8 heteroatoms. The van der Waals surface area contributed by atoms with Crippen molar-refractivity contribution < 1.29 is 14.0 Å². The van der Waals surface area contributed by atoms with Gasteiger partial charge >= 0.3 is 0 Å². The second-order valence-corrected chi connectivity index (χ2v) is 5.45. The number of hydrogen-bond donors (Lipinski definition) is 2. The van der Waals surface area contributed by atoms with Crippen LogP contribution in [0.2, 0.25) is 0 Å². The fourth-order valence-electron chi connectivity index (χ4n) is 2.26. The predicted octanol–water partition coefficient (Wildman–Crippen LogP) is 0.642. The molecule has 3 aromatic heterocycles. The standard InChI is InChI=1S/C17H16N4O4/c1-11-4-5-14-18-8-13(17(24)21(14)10-11)16(23)20-9-15(22)19-7-12-3-2-6-25-12/h2-6,8,10H,7,9H2,1H3,(H,19,22)(H,20,23). The number of carbonyl (C=O) groups excluding carboxylic acids is 2. The summed E-state index contributed by atoms with van der Waals surface area (Å²) in [6.45, 7) is 1.80. The van der Waals surface area contributed by atoms with Gasteiger partial charge in [-0.05, 0) is 30.7 Å². The molecule has 0 atom stereocenters. The van der Waals surface area contributed by atoms with Crippen molar-refractivity contribution in [2.45, 2.75) is 13.5 Å². The Morgan fingerprint density at radius 3 is 2.84 bits per heavy atom. The number of aromatic nitrogens is 2. The highest BCUT2D eigenvalue weighted by Gasteiger charge is 2.14. The van der Waals surface area contributed by atoms with E-state index in [9.17, 15) is 14.4 Å². The first-order valence-electron chi connectivity index (χ1n) is 7.60. The minimum absolute atomic E-state index is 0.123. The summed E-state index contributed by atoms with van der Waals surface area (Å²) in [4.78, 5) is 40.4. The van der Waals surface area contributed by atoms with Gasteiger partial charge in [0.2, 0.25) is 5.91 Å². The molecule has 0 saturated heterocycles. The van der Waals surface area contributed by atoms with Crippen molar-refractivity contribution in [3.63, 3.8) is 0 Å². The highest BCUT2D eigenvalue weighted by molar-refractivity contribution is 5.96. The Morgan fingerprint density at radius 1 is 1.24 bits per heavy atom. The first-order chi connectivity index (χ1) is 12.0. The summed E-state index contributed by atoms with van der Waals surface area (Å²) in [5.41, 5.74) is 0.707. The SMILES string of the molecule is Cc1ccc2ncc(C(=O)NCC(=O)NCc3ccco3)c(=O)n2c1. The van der Waals surface area contributed by atoms with Crippen LogP contribution in [0.25, 0.3) is 5.65 Å². The molecule has 2 N–H and O–H groups in total. The molecule has 0 aliphatic heterocycles. The Kier molecular flexibility index (Phi) is 4.60. The van der Waals surface area contributed by atoms with E-state index in [2.05, 4.69) is 15.6 Å². The van der Waals surface area contributed by atoms with Crippen LogP contribution in [0.15, 0.2) is 52.1 Å². The number of carbonyl (C=O) groups is 2. The van der Waals surface area contributed by atoms with E-state index in [1.165, 1.54) is 16.9 Å². The van der Waals surface area contributed by atoms with Crippen LogP contribution in [0.3, 0.4) is 0 Å². The third-order valence-electron chi connectivity index (χ3n) is 3.54. The minimum atomic E-state index is -0.651. The molecule has 0 aromatic carbocycles. The predicted molar refractivity (Wildman–Crippen MR) is 89.1 cm³/mol. The number of rotatable bonds is 5. The summed E-state index contributed by atoms with van der Waals surface area (Å²) >= 11 is 0. The zero-order chi connectivity index (χ0) is 17.8. The quantitative estimate of drug-likeness (QED) is 0.709. The van der Waals surface area contributed by atoms with Gasteiger partial charge in [0.1, 0.15) is 17.0 Å². The molecule has 0 saturated carbocycles. The van der Waals surface area contributed by atoms with Crippen LogP contribution in [0.5, 0.6) is 0 Å². The molecule has 0 fully saturated rings. The summed E-state index contributed by atoms with van der Waals surface area (Å²) in [7, 11) is 0. The van der Waals surface area contributed by atoms with Crippen molar-refractivity contribution in [1.29, 1.82) is 0 Å². The fraction of sp³-hybridized carbons (Fsp3) is 0.176. The van der Waals surface area contributed by atoms with Crippen LogP contribution in [0, 0.1) is 6.92 Å². The summed E-state index contributed by atoms with van der Waals surface area (Å²) in [6.07, 6.45) is 4.33. The number of nitrogens with zero attached hydrogens (tertiary/aromatic N) is 2. The van der Waals surface area contributed by atoms with Gasteiger partial charge in [-0.2, -0.15) is 0 Å². The lowest BCUT2D eigenvalue weighted by molar-refractivity contribution is -0.120. The van der Waals surface area contributed by atoms with E-state index < -0.39 is 17.4 Å². The molecule has 0 aliphatic rings. The summed E-state index contributed by atoms with van der Waals surface area (Å²) < 4.78 is 6.40. The lowest BCUT2D eigenvalue weighted by atomic mass is 10.2. The molecule has 0 bridgehead atoms. The average Bonchev–Trinajstić information content (AvgIpc) is 3.12. The number of hydrogen-bond acceptors (Lipinski definition) is 5. The Morgan fingerprint density at radius 2 is 2.08 bits per heavy atom. The van der Waals surface area contributed by atoms with E-state index in [1.54, 1.807) is 24.4 Å². The van der Waals surface area contributed by atoms with Crippen LogP contribution in [0.4, 0.5) is 0 Å². The molecule has 128 valence electrons. The Balaban J connectivity index is 1.65. The van der Waals surface area contributed by atoms with Gasteiger partial charge < -0.3 is 15.1 Å². The number of furan rings is 1. The first kappa shape index (κ1) is 16.4. The molecular weight excluding hydrogens is 324 g/mol. The minimum Gasteiger partial charge on any atom is -0.467 e. The molecule has 3 aromatic rings. The fourth-order valence-corrected chi connectivity index (χ4v) is 2.26. The molecule has 2 amide bonds. The van der Waals surface area contributed by atoms with Crippen LogP contribution in [-0.4, -0.2) is 27.7 Å². The van der Waals surface area contributed by atoms with E-state index in [0.717, 1.165) is 5.56 Å². The molecule has 0 spiro atoms. The summed E-state index contributed by atoms with van der Waals surface area (Å²) in [5.74, 6) is -0.442. The van der Waals surface area contributed by atoms with Crippen molar-refractivity contribution in [3.8, 4) is 0 Å². The van der Waals surface area contributed by atoms with E-state index in [0.29, 0.717) is 11.4 Å². The van der Waals surface area contributed by atoms with Gasteiger partial charge in [-0.3, -0.25) is 18.8 Å². The number of amides is 2. The third kappa shape index (κ3) is 3.74. The normalized spacial score (nSPS) is 10.6. The van der Waals surface area contributed by atoms with E-state index in [4.69, 9.17) is 4.42 Å². The van der Waals surface area contributed by atoms with Crippen LogP contribution in [-0.2, 0) is 11.3 Å². The largest absolute Gasteiger partial charge is 0.467 e. The molecule has 0 unspecified atom stereocenters. The molecule has 3 heterocycles. The van der Waals surface area contributed by atoms with Gasteiger partial charge in [-0.15, -0.1) is 0 Å². The number of nitrogens with one attached hydrogen (secondary N) is 2. The molecule has 3 rings (SSSR count). The van der Waals surface area contributed by atoms with Crippen LogP contribution < -0.4 is 16.2 Å². The third-order valence-corrected chi connectivity index (χ3v) is 3.54. The van der Waals surface area contributed by atoms with Gasteiger partial charge in [-0.25, -0.2) is 4.98 Å². The molecular formula is C17H16N4O4. The lowest BCUT2D eigenvalue weighted by Crippen LogP contribution is -2.39. The monoisotopic (exact) mass is 340 g/mol. The molecule has 8 nitrogen and oxygen atoms in total. The van der Waals surface area contributed by atoms with Crippen LogP contribution in [0.1, 0.15) is 21.7 Å². The van der Waals surface area contributed by atoms with E-state index >= 15 is 0 Å². The van der Waals surface area contributed by atoms with Crippen LogP contribution >= 0.6 is 0 Å². The van der Waals surface area contributed by atoms with Gasteiger partial charge in [0.05, 0.1) is 19.4 Å². The highest BCUT2D eigenvalue weighted by atomic mass is 16.3. The summed E-state index contributed by atoms with van der Waals surface area (Å²) in [6, 6.07) is 6.96. The lowest BCUT2D eigenvalue weighted by Gasteiger charge is -2.07. The summed E-state index contributed by atoms with van der Waals surface area (Å²) in [5, 5.41) is 5.01. The zero-order valence-electron chi connectivity index (χ0n) is 13.5. The molecule has 0 aliphatic carbocycles. The van der Waals surface area contributed by atoms with E-state index in [1.807, 2.05) is 13.0 Å². The van der Waals surface area contributed by atoms with Crippen molar-refractivity contribution in [3.05, 3.63) is 70.2 Å². The van der Waals surface area contributed by atoms with Crippen molar-refractivity contribution in [2.75, 3.05) is 6.54 Å². The Hall–Kier alpha value is -3.42. The Bertz CT molecular complexity index is 976. The van der Waals surface area contributed by atoms with Gasteiger partial charge in [0.25, 0.3) is 11.5 Å². The maximum Gasteiger partial charge on any atom is 0.270 e. The van der Waals surface area contributed by atoms with Crippen molar-refractivity contribution >= 4 is 17.5 Å². The zero-order valence-corrected chi connectivity index (χ0v) is 13.5.